The monoisotopic (exact) mass is 545 g/mol. The van der Waals surface area contributed by atoms with Gasteiger partial charge in [-0.1, -0.05) is 24.9 Å². The van der Waals surface area contributed by atoms with Gasteiger partial charge in [-0.3, -0.25) is 14.6 Å². The summed E-state index contributed by atoms with van der Waals surface area (Å²) in [6, 6.07) is 6.65. The van der Waals surface area contributed by atoms with Gasteiger partial charge in [-0.2, -0.15) is 13.2 Å². The van der Waals surface area contributed by atoms with E-state index in [1.807, 2.05) is 0 Å². The molecule has 0 aliphatic heterocycles. The number of hydrogen-bond donors (Lipinski definition) is 2. The Balaban J connectivity index is 1.31. The zero-order chi connectivity index (χ0) is 27.3. The highest BCUT2D eigenvalue weighted by Crippen LogP contribution is 2.49. The minimum atomic E-state index is -4.57. The second kappa shape index (κ2) is 11.5. The summed E-state index contributed by atoms with van der Waals surface area (Å²) in [5, 5.41) is 5.52. The van der Waals surface area contributed by atoms with Crippen molar-refractivity contribution in [3.8, 4) is 0 Å². The highest BCUT2D eigenvalue weighted by atomic mass is 35.5. The van der Waals surface area contributed by atoms with Crippen molar-refractivity contribution in [2.75, 3.05) is 5.32 Å². The Hall–Kier alpha value is -3.53. The molecule has 2 N–H and O–H groups in total. The number of nitrogens with zero attached hydrogens (tertiary/aromatic N) is 3. The molecule has 0 unspecified atom stereocenters. The van der Waals surface area contributed by atoms with E-state index < -0.39 is 17.2 Å². The molecule has 0 radical (unpaired) electrons. The van der Waals surface area contributed by atoms with Crippen molar-refractivity contribution in [1.82, 2.24) is 20.3 Å². The molecule has 0 atom stereocenters. The maximum Gasteiger partial charge on any atom is 0.418 e. The number of aromatic nitrogens is 3. The minimum Gasteiger partial charge on any atom is -0.354 e. The lowest BCUT2D eigenvalue weighted by Gasteiger charge is -2.16. The molecule has 38 heavy (non-hydrogen) atoms. The zero-order valence-corrected chi connectivity index (χ0v) is 21.5. The number of ketones is 1. The summed E-state index contributed by atoms with van der Waals surface area (Å²) in [6.45, 7) is 2.21. The molecule has 4 rings (SSSR count). The predicted octanol–water partition coefficient (Wildman–Crippen LogP) is 6.30. The smallest absolute Gasteiger partial charge is 0.354 e. The second-order valence-corrected chi connectivity index (χ2v) is 9.84. The highest BCUT2D eigenvalue weighted by molar-refractivity contribution is 6.30. The van der Waals surface area contributed by atoms with Crippen LogP contribution in [0, 0.1) is 5.41 Å². The van der Waals surface area contributed by atoms with Gasteiger partial charge in [-0.15, -0.1) is 0 Å². The Morgan fingerprint density at radius 2 is 1.79 bits per heavy atom. The van der Waals surface area contributed by atoms with E-state index in [1.165, 1.54) is 30.7 Å². The van der Waals surface area contributed by atoms with Gasteiger partial charge >= 0.3 is 6.18 Å². The molecule has 1 fully saturated rings. The van der Waals surface area contributed by atoms with E-state index in [9.17, 15) is 22.8 Å². The predicted molar refractivity (Wildman–Crippen MR) is 137 cm³/mol. The van der Waals surface area contributed by atoms with Crippen LogP contribution in [0.4, 0.5) is 24.5 Å². The zero-order valence-electron chi connectivity index (χ0n) is 20.7. The maximum atomic E-state index is 13.3. The van der Waals surface area contributed by atoms with Gasteiger partial charge < -0.3 is 10.6 Å². The number of alkyl halides is 3. The van der Waals surface area contributed by atoms with Crippen molar-refractivity contribution < 1.29 is 22.8 Å². The molecule has 11 heteroatoms. The number of halogens is 4. The number of unbranched alkanes of at least 4 members (excludes halogenated alkanes) is 1. The van der Waals surface area contributed by atoms with Gasteiger partial charge in [-0.05, 0) is 49.6 Å². The van der Waals surface area contributed by atoms with Crippen molar-refractivity contribution in [2.45, 2.75) is 58.2 Å². The average molecular weight is 546 g/mol. The van der Waals surface area contributed by atoms with E-state index in [-0.39, 0.29) is 35.4 Å². The van der Waals surface area contributed by atoms with Crippen LogP contribution in [0.2, 0.25) is 5.02 Å². The second-order valence-electron chi connectivity index (χ2n) is 9.41. The van der Waals surface area contributed by atoms with Gasteiger partial charge in [0.2, 0.25) is 5.91 Å². The van der Waals surface area contributed by atoms with Crippen LogP contribution in [0.1, 0.15) is 66.5 Å². The van der Waals surface area contributed by atoms with Crippen LogP contribution in [-0.4, -0.2) is 26.6 Å². The first-order valence-corrected chi connectivity index (χ1v) is 12.7. The Labute approximate surface area is 223 Å². The summed E-state index contributed by atoms with van der Waals surface area (Å²) >= 11 is 5.72. The van der Waals surface area contributed by atoms with Crippen molar-refractivity contribution in [3.63, 3.8) is 0 Å². The van der Waals surface area contributed by atoms with Crippen LogP contribution >= 0.6 is 11.6 Å². The number of pyridine rings is 1. The van der Waals surface area contributed by atoms with Crippen LogP contribution in [0.5, 0.6) is 0 Å². The fourth-order valence-corrected chi connectivity index (χ4v) is 4.16. The third-order valence-corrected chi connectivity index (χ3v) is 6.67. The number of nitrogens with one attached hydrogen (secondary N) is 2. The van der Waals surface area contributed by atoms with E-state index >= 15 is 0 Å². The number of amides is 1. The van der Waals surface area contributed by atoms with E-state index in [0.29, 0.717) is 35.6 Å². The van der Waals surface area contributed by atoms with Crippen LogP contribution in [-0.2, 0) is 23.9 Å². The topological polar surface area (TPSA) is 96.9 Å². The molecule has 0 spiro atoms. The Morgan fingerprint density at radius 1 is 1.05 bits per heavy atom. The van der Waals surface area contributed by atoms with Crippen molar-refractivity contribution in [2.24, 2.45) is 5.41 Å². The molecule has 1 aliphatic rings. The van der Waals surface area contributed by atoms with Gasteiger partial charge in [0.15, 0.2) is 5.78 Å². The van der Waals surface area contributed by atoms with Gasteiger partial charge in [0.05, 0.1) is 46.4 Å². The molecule has 1 saturated carbocycles. The van der Waals surface area contributed by atoms with Crippen molar-refractivity contribution >= 4 is 34.7 Å². The lowest BCUT2D eigenvalue weighted by Crippen LogP contribution is -2.33. The standard InChI is InChI=1S/C27H27ClF3N5O2/c1-2-3-4-24-33-13-17(14-34-24)23(37)12-26(9-10-26)25(38)35-15-19-6-7-20(16-32-19)36-22-8-5-18(28)11-21(22)27(29,30)31/h5-8,11,13-14,16,36H,2-4,9-10,12,15H2,1H3,(H,35,38). The van der Waals surface area contributed by atoms with Gasteiger partial charge in [-0.25, -0.2) is 9.97 Å². The van der Waals surface area contributed by atoms with E-state index in [0.717, 1.165) is 25.3 Å². The molecular formula is C27H27ClF3N5O2. The summed E-state index contributed by atoms with van der Waals surface area (Å²) in [5.74, 6) is 0.296. The number of hydrogen-bond acceptors (Lipinski definition) is 6. The normalized spacial score (nSPS) is 14.1. The quantitative estimate of drug-likeness (QED) is 0.274. The first kappa shape index (κ1) is 27.5. The summed E-state index contributed by atoms with van der Waals surface area (Å²) in [6.07, 6.45) is 3.93. The molecule has 0 saturated heterocycles. The largest absolute Gasteiger partial charge is 0.418 e. The van der Waals surface area contributed by atoms with Gasteiger partial charge in [0, 0.05) is 30.3 Å². The molecule has 0 bridgehead atoms. The molecule has 7 nitrogen and oxygen atoms in total. The van der Waals surface area contributed by atoms with Crippen molar-refractivity contribution in [3.05, 3.63) is 76.6 Å². The van der Waals surface area contributed by atoms with Crippen LogP contribution in [0.3, 0.4) is 0 Å². The number of carbonyl (C=O) groups excluding carboxylic acids is 2. The fraction of sp³-hybridized carbons (Fsp3) is 0.370. The molecule has 3 aromatic rings. The third kappa shape index (κ3) is 6.86. The molecule has 2 heterocycles. The first-order chi connectivity index (χ1) is 18.1. The van der Waals surface area contributed by atoms with E-state index in [2.05, 4.69) is 32.5 Å². The summed E-state index contributed by atoms with van der Waals surface area (Å²) in [4.78, 5) is 38.3. The van der Waals surface area contributed by atoms with Crippen molar-refractivity contribution in [1.29, 1.82) is 0 Å². The molecule has 1 aliphatic carbocycles. The van der Waals surface area contributed by atoms with E-state index in [1.54, 1.807) is 12.1 Å². The number of rotatable bonds is 11. The SMILES string of the molecule is CCCCc1ncc(C(=O)CC2(C(=O)NCc3ccc(Nc4ccc(Cl)cc4C(F)(F)F)cn3)CC2)cn1. The number of carbonyl (C=O) groups is 2. The maximum absolute atomic E-state index is 13.3. The van der Waals surface area contributed by atoms with Crippen LogP contribution in [0.25, 0.3) is 0 Å². The average Bonchev–Trinajstić information content (AvgIpc) is 3.68. The molecule has 200 valence electrons. The molecule has 2 aromatic heterocycles. The summed E-state index contributed by atoms with van der Waals surface area (Å²) in [7, 11) is 0. The van der Waals surface area contributed by atoms with E-state index in [4.69, 9.17) is 11.6 Å². The fourth-order valence-electron chi connectivity index (χ4n) is 3.98. The van der Waals surface area contributed by atoms with Crippen LogP contribution in [0.15, 0.2) is 48.9 Å². The minimum absolute atomic E-state index is 0.0177. The summed E-state index contributed by atoms with van der Waals surface area (Å²) < 4.78 is 40.0. The number of anilines is 2. The Bertz CT molecular complexity index is 1290. The number of benzene rings is 1. The Kier molecular flexibility index (Phi) is 8.30. The molecule has 1 aromatic carbocycles. The van der Waals surface area contributed by atoms with Gasteiger partial charge in [0.1, 0.15) is 5.82 Å². The molecular weight excluding hydrogens is 519 g/mol. The third-order valence-electron chi connectivity index (χ3n) is 6.44. The number of aryl methyl sites for hydroxylation is 1. The first-order valence-electron chi connectivity index (χ1n) is 12.3. The molecule has 1 amide bonds. The highest BCUT2D eigenvalue weighted by Gasteiger charge is 2.51. The van der Waals surface area contributed by atoms with Crippen LogP contribution < -0.4 is 10.6 Å². The lowest BCUT2D eigenvalue weighted by molar-refractivity contribution is -0.137. The lowest BCUT2D eigenvalue weighted by atomic mass is 9.95. The summed E-state index contributed by atoms with van der Waals surface area (Å²) in [5.41, 5.74) is -0.518. The van der Waals surface area contributed by atoms with Gasteiger partial charge in [0.25, 0.3) is 0 Å². The Morgan fingerprint density at radius 3 is 2.39 bits per heavy atom. The number of Topliss-reactive ketones (excluding diaryl/α,β-unsaturated/α-hetero) is 1.